The van der Waals surface area contributed by atoms with Gasteiger partial charge in [0.2, 0.25) is 0 Å². The van der Waals surface area contributed by atoms with Crippen LogP contribution in [0.4, 0.5) is 0 Å². The summed E-state index contributed by atoms with van der Waals surface area (Å²) in [5, 5.41) is 0. The molecule has 2 nitrogen and oxygen atoms in total. The Bertz CT molecular complexity index is 258. The largest absolute Gasteiger partial charge is 0.494 e. The summed E-state index contributed by atoms with van der Waals surface area (Å²) in [7, 11) is 4.14. The topological polar surface area (TPSA) is 12.5 Å². The van der Waals surface area contributed by atoms with Crippen molar-refractivity contribution in [2.75, 3.05) is 27.2 Å². The lowest BCUT2D eigenvalue weighted by molar-refractivity contribution is 0.281. The van der Waals surface area contributed by atoms with E-state index in [1.54, 1.807) is 0 Å². The molecule has 1 aromatic carbocycles. The van der Waals surface area contributed by atoms with Crippen molar-refractivity contribution in [2.24, 2.45) is 0 Å². The molecule has 0 saturated carbocycles. The minimum absolute atomic E-state index is 0.778. The quantitative estimate of drug-likeness (QED) is 0.753. The van der Waals surface area contributed by atoms with E-state index in [1.807, 2.05) is 24.3 Å². The van der Waals surface area contributed by atoms with Gasteiger partial charge in [0.1, 0.15) is 5.75 Å². The Morgan fingerprint density at radius 3 is 2.43 bits per heavy atom. The van der Waals surface area contributed by atoms with Crippen LogP contribution in [-0.4, -0.2) is 32.1 Å². The summed E-state index contributed by atoms with van der Waals surface area (Å²) in [6, 6.07) is 7.92. The van der Waals surface area contributed by atoms with Gasteiger partial charge in [-0.05, 0) is 44.8 Å². The molecule has 14 heavy (non-hydrogen) atoms. The summed E-state index contributed by atoms with van der Waals surface area (Å²) in [5.74, 6) is 0.937. The maximum atomic E-state index is 5.56. The Kier molecular flexibility index (Phi) is 4.98. The number of rotatable bonds is 5. The number of benzene rings is 1. The minimum atomic E-state index is 0.778. The molecule has 3 heteroatoms. The normalized spacial score (nSPS) is 10.6. The van der Waals surface area contributed by atoms with Gasteiger partial charge in [-0.15, -0.1) is 0 Å². The first-order chi connectivity index (χ1) is 6.68. The summed E-state index contributed by atoms with van der Waals surface area (Å²) in [6.07, 6.45) is 1.06. The lowest BCUT2D eigenvalue weighted by Gasteiger charge is -2.10. The van der Waals surface area contributed by atoms with E-state index in [4.69, 9.17) is 4.74 Å². The second-order valence-corrected chi connectivity index (χ2v) is 4.37. The molecule has 0 saturated heterocycles. The molecule has 0 bridgehead atoms. The van der Waals surface area contributed by atoms with Crippen LogP contribution in [0.5, 0.6) is 5.75 Å². The molecular formula is C11H16BrNO. The zero-order chi connectivity index (χ0) is 10.4. The Balaban J connectivity index is 2.21. The second kappa shape index (κ2) is 6.04. The van der Waals surface area contributed by atoms with Crippen molar-refractivity contribution >= 4 is 15.9 Å². The van der Waals surface area contributed by atoms with Crippen LogP contribution < -0.4 is 4.74 Å². The van der Waals surface area contributed by atoms with Crippen LogP contribution in [0.25, 0.3) is 0 Å². The molecule has 0 spiro atoms. The summed E-state index contributed by atoms with van der Waals surface area (Å²) in [4.78, 5) is 2.16. The third kappa shape index (κ3) is 4.63. The molecule has 0 atom stereocenters. The van der Waals surface area contributed by atoms with E-state index in [-0.39, 0.29) is 0 Å². The molecule has 1 rings (SSSR count). The Labute approximate surface area is 94.0 Å². The van der Waals surface area contributed by atoms with Crippen LogP contribution in [0.15, 0.2) is 28.7 Å². The maximum absolute atomic E-state index is 5.56. The molecule has 0 aromatic heterocycles. The smallest absolute Gasteiger partial charge is 0.119 e. The molecule has 0 aliphatic carbocycles. The van der Waals surface area contributed by atoms with Crippen molar-refractivity contribution in [3.05, 3.63) is 28.7 Å². The van der Waals surface area contributed by atoms with Gasteiger partial charge in [0.05, 0.1) is 6.61 Å². The molecule has 0 aliphatic rings. The van der Waals surface area contributed by atoms with Gasteiger partial charge in [0.15, 0.2) is 0 Å². The molecular weight excluding hydrogens is 242 g/mol. The van der Waals surface area contributed by atoms with Gasteiger partial charge in [0.25, 0.3) is 0 Å². The second-order valence-electron chi connectivity index (χ2n) is 3.46. The maximum Gasteiger partial charge on any atom is 0.119 e. The third-order valence-corrected chi connectivity index (χ3v) is 2.36. The highest BCUT2D eigenvalue weighted by molar-refractivity contribution is 9.10. The highest BCUT2D eigenvalue weighted by atomic mass is 79.9. The van der Waals surface area contributed by atoms with E-state index in [0.29, 0.717) is 0 Å². The van der Waals surface area contributed by atoms with Gasteiger partial charge in [-0.3, -0.25) is 0 Å². The fourth-order valence-corrected chi connectivity index (χ4v) is 1.37. The number of halogens is 1. The summed E-state index contributed by atoms with van der Waals surface area (Å²) >= 11 is 3.38. The molecule has 0 amide bonds. The van der Waals surface area contributed by atoms with Crippen molar-refractivity contribution in [1.82, 2.24) is 4.90 Å². The number of hydrogen-bond acceptors (Lipinski definition) is 2. The number of ether oxygens (including phenoxy) is 1. The summed E-state index contributed by atoms with van der Waals surface area (Å²) in [6.45, 7) is 1.84. The van der Waals surface area contributed by atoms with Gasteiger partial charge in [0, 0.05) is 11.0 Å². The van der Waals surface area contributed by atoms with Crippen LogP contribution >= 0.6 is 15.9 Å². The fourth-order valence-electron chi connectivity index (χ4n) is 1.10. The molecule has 78 valence electrons. The monoisotopic (exact) mass is 257 g/mol. The molecule has 0 unspecified atom stereocenters. The van der Waals surface area contributed by atoms with E-state index in [2.05, 4.69) is 34.9 Å². The Hall–Kier alpha value is -0.540. The van der Waals surface area contributed by atoms with Crippen molar-refractivity contribution in [3.63, 3.8) is 0 Å². The predicted octanol–water partition coefficient (Wildman–Crippen LogP) is 2.78. The first kappa shape index (κ1) is 11.5. The first-order valence-electron chi connectivity index (χ1n) is 4.71. The number of nitrogens with zero attached hydrogens (tertiary/aromatic N) is 1. The predicted molar refractivity (Wildman–Crippen MR) is 62.8 cm³/mol. The Morgan fingerprint density at radius 2 is 1.86 bits per heavy atom. The highest BCUT2D eigenvalue weighted by Gasteiger charge is 1.94. The highest BCUT2D eigenvalue weighted by Crippen LogP contribution is 2.15. The molecule has 0 fully saturated rings. The van der Waals surface area contributed by atoms with Crippen molar-refractivity contribution in [1.29, 1.82) is 0 Å². The molecule has 0 aliphatic heterocycles. The van der Waals surface area contributed by atoms with Gasteiger partial charge in [-0.2, -0.15) is 0 Å². The average Bonchev–Trinajstić information content (AvgIpc) is 2.15. The SMILES string of the molecule is CN(C)CCCOc1ccc(Br)cc1. The van der Waals surface area contributed by atoms with Gasteiger partial charge < -0.3 is 9.64 Å². The van der Waals surface area contributed by atoms with E-state index in [9.17, 15) is 0 Å². The minimum Gasteiger partial charge on any atom is -0.494 e. The zero-order valence-electron chi connectivity index (χ0n) is 8.66. The molecule has 0 N–H and O–H groups in total. The van der Waals surface area contributed by atoms with Crippen molar-refractivity contribution in [3.8, 4) is 5.75 Å². The van der Waals surface area contributed by atoms with Gasteiger partial charge in [-0.25, -0.2) is 0 Å². The van der Waals surface area contributed by atoms with Crippen molar-refractivity contribution < 1.29 is 4.74 Å². The van der Waals surface area contributed by atoms with Crippen molar-refractivity contribution in [2.45, 2.75) is 6.42 Å². The molecule has 0 radical (unpaired) electrons. The van der Waals surface area contributed by atoms with Crippen LogP contribution in [0.3, 0.4) is 0 Å². The van der Waals surface area contributed by atoms with Gasteiger partial charge >= 0.3 is 0 Å². The van der Waals surface area contributed by atoms with E-state index >= 15 is 0 Å². The van der Waals surface area contributed by atoms with Gasteiger partial charge in [-0.1, -0.05) is 15.9 Å². The molecule has 0 heterocycles. The van der Waals surface area contributed by atoms with Crippen LogP contribution in [-0.2, 0) is 0 Å². The Morgan fingerprint density at radius 1 is 1.21 bits per heavy atom. The number of hydrogen-bond donors (Lipinski definition) is 0. The average molecular weight is 258 g/mol. The van der Waals surface area contributed by atoms with E-state index < -0.39 is 0 Å². The van der Waals surface area contributed by atoms with E-state index in [0.717, 1.165) is 29.8 Å². The first-order valence-corrected chi connectivity index (χ1v) is 5.51. The van der Waals surface area contributed by atoms with Crippen LogP contribution in [0, 0.1) is 0 Å². The zero-order valence-corrected chi connectivity index (χ0v) is 10.3. The van der Waals surface area contributed by atoms with E-state index in [1.165, 1.54) is 0 Å². The summed E-state index contributed by atoms with van der Waals surface area (Å²) in [5.41, 5.74) is 0. The third-order valence-electron chi connectivity index (χ3n) is 1.83. The lowest BCUT2D eigenvalue weighted by atomic mass is 10.3. The lowest BCUT2D eigenvalue weighted by Crippen LogP contribution is -2.15. The molecule has 1 aromatic rings. The standard InChI is InChI=1S/C11H16BrNO/c1-13(2)8-3-9-14-11-6-4-10(12)5-7-11/h4-7H,3,8-9H2,1-2H3. The fraction of sp³-hybridized carbons (Fsp3) is 0.455. The van der Waals surface area contributed by atoms with Crippen LogP contribution in [0.2, 0.25) is 0 Å². The summed E-state index contributed by atoms with van der Waals surface area (Å²) < 4.78 is 6.65. The van der Waals surface area contributed by atoms with Crippen LogP contribution in [0.1, 0.15) is 6.42 Å².